The fraction of sp³-hybridized carbons (Fsp3) is 0.846. The number of rotatable bonds is 18. The predicted molar refractivity (Wildman–Crippen MR) is 128 cm³/mol. The average molecular weight is 537 g/mol. The van der Waals surface area contributed by atoms with E-state index in [-0.39, 0.29) is 11.6 Å². The van der Waals surface area contributed by atoms with Gasteiger partial charge >= 0.3 is 66.5 Å². The van der Waals surface area contributed by atoms with Gasteiger partial charge in [-0.2, -0.15) is 0 Å². The number of aliphatic carboxylic acids is 2. The third-order valence-electron chi connectivity index (χ3n) is 4.81. The second kappa shape index (κ2) is 26.0. The van der Waals surface area contributed by atoms with Crippen molar-refractivity contribution >= 4 is 23.5 Å². The van der Waals surface area contributed by atoms with Gasteiger partial charge in [-0.1, -0.05) is 65.2 Å². The van der Waals surface area contributed by atoms with Crippen LogP contribution in [0.4, 0.5) is 0 Å². The number of ketones is 2. The van der Waals surface area contributed by atoms with E-state index in [1.54, 1.807) is 0 Å². The number of carbonyl (C=O) groups excluding carboxylic acids is 4. The predicted octanol–water partition coefficient (Wildman–Crippen LogP) is 3.57. The summed E-state index contributed by atoms with van der Waals surface area (Å²) in [6.07, 6.45) is 9.49. The molecule has 0 aliphatic rings. The zero-order valence-corrected chi connectivity index (χ0v) is 24.7. The molecule has 0 aromatic heterocycles. The van der Waals surface area contributed by atoms with Gasteiger partial charge < -0.3 is 19.8 Å². The number of carbonyl (C=O) groups is 4. The van der Waals surface area contributed by atoms with Crippen molar-refractivity contribution in [3.05, 3.63) is 0 Å². The molecular weight excluding hydrogens is 488 g/mol. The largest absolute Gasteiger partial charge is 0.549 e. The molecule has 2 unspecified atom stereocenters. The molecule has 0 bridgehead atoms. The van der Waals surface area contributed by atoms with Crippen LogP contribution in [0.25, 0.3) is 0 Å². The molecule has 0 aliphatic carbocycles. The molecule has 0 heterocycles. The van der Waals surface area contributed by atoms with Crippen LogP contribution in [0.5, 0.6) is 0 Å². The Kier molecular flexibility index (Phi) is 28.5. The van der Waals surface area contributed by atoms with Crippen LogP contribution in [0.15, 0.2) is 0 Å². The third kappa shape index (κ3) is 29.0. The molecule has 0 rings (SSSR count). The fourth-order valence-electron chi connectivity index (χ4n) is 2.74. The number of carboxylic acids is 2. The first-order chi connectivity index (χ1) is 16.3. The van der Waals surface area contributed by atoms with E-state index in [0.717, 1.165) is 51.4 Å². The Bertz CT molecular complexity index is 488. The van der Waals surface area contributed by atoms with Crippen LogP contribution in [0.3, 0.4) is 0 Å². The van der Waals surface area contributed by atoms with Gasteiger partial charge in [0.25, 0.3) is 0 Å². The first-order valence-corrected chi connectivity index (χ1v) is 14.1. The van der Waals surface area contributed by atoms with Gasteiger partial charge in [-0.3, -0.25) is 9.59 Å². The van der Waals surface area contributed by atoms with Gasteiger partial charge in [0.05, 0.1) is 23.8 Å². The van der Waals surface area contributed by atoms with Crippen molar-refractivity contribution in [1.82, 2.24) is 0 Å². The van der Waals surface area contributed by atoms with Crippen LogP contribution in [-0.2, 0) is 45.7 Å². The average Bonchev–Trinajstić information content (AvgIpc) is 2.73. The minimum atomic E-state index is -1.23. The summed E-state index contributed by atoms with van der Waals surface area (Å²) in [4.78, 5) is 42.6. The van der Waals surface area contributed by atoms with Gasteiger partial charge in [0.15, 0.2) is 0 Å². The Hall–Kier alpha value is -1.09. The molecule has 35 heavy (non-hydrogen) atoms. The van der Waals surface area contributed by atoms with E-state index in [1.165, 1.54) is 13.8 Å². The monoisotopic (exact) mass is 536 g/mol. The van der Waals surface area contributed by atoms with Gasteiger partial charge in [0.1, 0.15) is 11.6 Å². The van der Waals surface area contributed by atoms with Crippen LogP contribution in [0, 0.1) is 11.8 Å². The molecule has 0 fully saturated rings. The Labute approximate surface area is 222 Å². The van der Waals surface area contributed by atoms with Crippen molar-refractivity contribution in [2.45, 2.75) is 132 Å². The van der Waals surface area contributed by atoms with Crippen LogP contribution in [0.1, 0.15) is 120 Å². The van der Waals surface area contributed by atoms with Gasteiger partial charge in [0, 0.05) is 0 Å². The normalized spacial score (nSPS) is 11.9. The quantitative estimate of drug-likeness (QED) is 0.148. The molecule has 0 N–H and O–H groups in total. The minimum Gasteiger partial charge on any atom is -0.549 e. The molecule has 0 saturated heterocycles. The number of Topliss-reactive ketones (excluding diaryl/α,β-unsaturated/α-hetero) is 2. The van der Waals surface area contributed by atoms with Crippen molar-refractivity contribution in [2.24, 2.45) is 11.8 Å². The summed E-state index contributed by atoms with van der Waals surface area (Å²) in [6.45, 7) is 14.9. The van der Waals surface area contributed by atoms with E-state index < -0.39 is 43.7 Å². The second-order valence-electron chi connectivity index (χ2n) is 9.08. The molecule has 0 saturated carbocycles. The van der Waals surface area contributed by atoms with Gasteiger partial charge in [-0.25, -0.2) is 0 Å². The summed E-state index contributed by atoms with van der Waals surface area (Å²) in [5.74, 6) is -4.84. The third-order valence-corrected chi connectivity index (χ3v) is 6.58. The Morgan fingerprint density at radius 3 is 1.14 bits per heavy atom. The molecule has 2 atom stereocenters. The Morgan fingerprint density at radius 1 is 0.629 bits per heavy atom. The van der Waals surface area contributed by atoms with E-state index in [0.29, 0.717) is 25.0 Å². The van der Waals surface area contributed by atoms with E-state index in [4.69, 9.17) is 6.64 Å². The summed E-state index contributed by atoms with van der Waals surface area (Å²) in [7, 11) is 0. The Balaban J connectivity index is -0.000000448. The topological polar surface area (TPSA) is 133 Å². The number of hydrogen-bond acceptors (Lipinski definition) is 8. The fourth-order valence-corrected chi connectivity index (χ4v) is 3.43. The number of hydrogen-bond donors (Lipinski definition) is 0. The van der Waals surface area contributed by atoms with Crippen molar-refractivity contribution in [1.29, 1.82) is 0 Å². The molecule has 9 heteroatoms. The number of carboxylic acid groups (broad SMARTS) is 2. The maximum absolute atomic E-state index is 10.8. The molecule has 0 aliphatic heterocycles. The summed E-state index contributed by atoms with van der Waals surface area (Å²) in [6, 6.07) is 0. The minimum absolute atomic E-state index is 0.295. The maximum Gasteiger partial charge on any atom is 0.138 e. The molecule has 0 aromatic carbocycles. The first-order valence-electron chi connectivity index (χ1n) is 12.8. The second-order valence-corrected chi connectivity index (χ2v) is 10.1. The van der Waals surface area contributed by atoms with E-state index in [9.17, 15) is 29.4 Å². The van der Waals surface area contributed by atoms with Crippen molar-refractivity contribution in [3.63, 3.8) is 0 Å². The summed E-state index contributed by atoms with van der Waals surface area (Å²) >= 11 is -0.574. The standard InChI is InChI=1S/2C10H18O3.2C3H7O.Ti/c2*1-3-4-5-6-7-9(8(2)11)10(12)13;2*1-3(2)4;/h2*9H,3-7H2,1-2H3,(H,12,13);2*3H,1-2H3;/q;;2*-1;+4/p-2. The zero-order valence-electron chi connectivity index (χ0n) is 23.1. The molecule has 8 nitrogen and oxygen atoms in total. The van der Waals surface area contributed by atoms with E-state index >= 15 is 0 Å². The molecule has 0 radical (unpaired) electrons. The van der Waals surface area contributed by atoms with Crippen molar-refractivity contribution in [3.8, 4) is 0 Å². The molecular formula is C26H48O8Ti. The molecule has 0 spiro atoms. The molecule has 0 amide bonds. The van der Waals surface area contributed by atoms with E-state index in [1.807, 2.05) is 27.7 Å². The molecule has 204 valence electrons. The van der Waals surface area contributed by atoms with Gasteiger partial charge in [0.2, 0.25) is 0 Å². The SMILES string of the molecule is CC(C)[O][Ti+2][O]C(C)C.CCCCCCC(C(C)=O)C(=O)[O-].CCCCCCC(C(C)=O)C(=O)[O-]. The van der Waals surface area contributed by atoms with Gasteiger partial charge in [-0.15, -0.1) is 0 Å². The van der Waals surface area contributed by atoms with Crippen LogP contribution in [-0.4, -0.2) is 35.7 Å². The maximum atomic E-state index is 10.8. The smallest absolute Gasteiger partial charge is 0.138 e. The first kappa shape index (κ1) is 38.4. The van der Waals surface area contributed by atoms with Crippen LogP contribution >= 0.6 is 0 Å². The summed E-state index contributed by atoms with van der Waals surface area (Å²) in [5, 5.41) is 20.9. The zero-order chi connectivity index (χ0) is 27.8. The summed E-state index contributed by atoms with van der Waals surface area (Å²) < 4.78 is 10.5. The van der Waals surface area contributed by atoms with Crippen molar-refractivity contribution < 1.29 is 56.0 Å². The Morgan fingerprint density at radius 2 is 0.943 bits per heavy atom. The van der Waals surface area contributed by atoms with Gasteiger partial charge in [-0.05, 0) is 26.7 Å². The number of unbranched alkanes of at least 4 members (excludes halogenated alkanes) is 6. The van der Waals surface area contributed by atoms with Crippen LogP contribution < -0.4 is 10.2 Å². The van der Waals surface area contributed by atoms with Crippen LogP contribution in [0.2, 0.25) is 0 Å². The van der Waals surface area contributed by atoms with E-state index in [2.05, 4.69) is 13.8 Å². The molecule has 0 aromatic rings. The summed E-state index contributed by atoms with van der Waals surface area (Å²) in [5.41, 5.74) is 0. The van der Waals surface area contributed by atoms with Crippen molar-refractivity contribution in [2.75, 3.05) is 0 Å².